The van der Waals surface area contributed by atoms with Crippen LogP contribution in [0.3, 0.4) is 0 Å². The van der Waals surface area contributed by atoms with Gasteiger partial charge < -0.3 is 69.5 Å². The van der Waals surface area contributed by atoms with Crippen molar-refractivity contribution in [1.29, 1.82) is 0 Å². The van der Waals surface area contributed by atoms with Gasteiger partial charge in [-0.05, 0) is 108 Å². The van der Waals surface area contributed by atoms with Gasteiger partial charge in [-0.2, -0.15) is 13.2 Å². The minimum Gasteiger partial charge on any atom is -0.379 e. The third-order valence-electron chi connectivity index (χ3n) is 21.8. The van der Waals surface area contributed by atoms with Gasteiger partial charge in [-0.15, -0.1) is 0 Å². The van der Waals surface area contributed by atoms with Crippen LogP contribution in [0.15, 0.2) is 0 Å². The first-order chi connectivity index (χ1) is 46.6. The highest BCUT2D eigenvalue weighted by molar-refractivity contribution is 6.01. The Morgan fingerprint density at radius 1 is 0.657 bits per heavy atom. The molecule has 12 amide bonds. The number of hydrogen-bond donors (Lipinski definition) is 3. The van der Waals surface area contributed by atoms with Gasteiger partial charge in [-0.25, -0.2) is 4.39 Å². The Labute approximate surface area is 581 Å². The number of carbonyl (C=O) groups excluding carboxylic acids is 12. The number of alkyl halides is 4. The highest BCUT2D eigenvalue weighted by Crippen LogP contribution is 2.43. The number of rotatable bonds is 14. The van der Waals surface area contributed by atoms with Crippen molar-refractivity contribution in [1.82, 2.24) is 60.0 Å². The Hall–Kier alpha value is -6.72. The molecule has 0 aromatic carbocycles. The minimum atomic E-state index is -4.76. The zero-order chi connectivity index (χ0) is 73.7. The number of fused-ring (bicyclic) bond motifs is 2. The molecule has 99 heavy (non-hydrogen) atoms. The van der Waals surface area contributed by atoms with Crippen LogP contribution in [0.4, 0.5) is 17.6 Å². The Bertz CT molecular complexity index is 2880. The van der Waals surface area contributed by atoms with Crippen molar-refractivity contribution in [2.24, 2.45) is 29.6 Å². The molecular weight excluding hydrogens is 1300 g/mol. The summed E-state index contributed by atoms with van der Waals surface area (Å²) in [5, 5.41) is 8.63. The second-order valence-electron chi connectivity index (χ2n) is 29.1. The average molecular weight is 1410 g/mol. The summed E-state index contributed by atoms with van der Waals surface area (Å²) in [6, 6.07) is -11.6. The fourth-order valence-electron chi connectivity index (χ4n) is 14.8. The molecule has 3 unspecified atom stereocenters. The molecule has 6 fully saturated rings. The van der Waals surface area contributed by atoms with E-state index in [2.05, 4.69) is 16.0 Å². The van der Waals surface area contributed by atoms with E-state index in [4.69, 9.17) is 9.47 Å². The van der Waals surface area contributed by atoms with E-state index >= 15 is 28.4 Å². The second kappa shape index (κ2) is 35.7. The van der Waals surface area contributed by atoms with Crippen LogP contribution in [-0.2, 0) is 67.0 Å². The van der Waals surface area contributed by atoms with Crippen molar-refractivity contribution in [3.63, 3.8) is 0 Å². The number of carbonyl (C=O) groups is 12. The first kappa shape index (κ1) is 81.2. The predicted molar refractivity (Wildman–Crippen MR) is 357 cm³/mol. The molecule has 3 N–H and O–H groups in total. The number of halogens is 4. The third-order valence-corrected chi connectivity index (χ3v) is 21.8. The van der Waals surface area contributed by atoms with Gasteiger partial charge in [0.2, 0.25) is 70.9 Å². The topological polar surface area (TPSA) is 289 Å². The molecule has 0 radical (unpaired) electrons. The summed E-state index contributed by atoms with van der Waals surface area (Å²) in [7, 11) is 8.29. The van der Waals surface area contributed by atoms with E-state index in [0.29, 0.717) is 38.5 Å². The van der Waals surface area contributed by atoms with Crippen molar-refractivity contribution in [3.05, 3.63) is 0 Å². The Kier molecular flexibility index (Phi) is 29.3. The number of hydrogen-bond acceptors (Lipinski definition) is 14. The quantitative estimate of drug-likeness (QED) is 0.166. The van der Waals surface area contributed by atoms with Crippen LogP contribution in [0.2, 0.25) is 0 Å². The van der Waals surface area contributed by atoms with Gasteiger partial charge in [-0.3, -0.25) is 57.5 Å². The number of amides is 12. The van der Waals surface area contributed by atoms with Crippen molar-refractivity contribution in [2.45, 2.75) is 237 Å². The zero-order valence-electron chi connectivity index (χ0n) is 60.8. The first-order valence-corrected chi connectivity index (χ1v) is 35.8. The zero-order valence-corrected chi connectivity index (χ0v) is 60.8. The lowest BCUT2D eigenvalue weighted by molar-refractivity contribution is -0.201. The number of ether oxygens (including phenoxy) is 2. The maximum absolute atomic E-state index is 15.5. The van der Waals surface area contributed by atoms with Crippen LogP contribution in [-0.4, -0.2) is 289 Å². The highest BCUT2D eigenvalue weighted by Gasteiger charge is 2.53. The van der Waals surface area contributed by atoms with E-state index in [0.717, 1.165) is 14.7 Å². The first-order valence-electron chi connectivity index (χ1n) is 35.8. The van der Waals surface area contributed by atoms with Gasteiger partial charge in [-0.1, -0.05) is 74.1 Å². The maximum atomic E-state index is 15.5. The average Bonchev–Trinajstić information content (AvgIpc) is 0.916. The minimum absolute atomic E-state index is 0.00277. The van der Waals surface area contributed by atoms with Crippen molar-refractivity contribution in [3.8, 4) is 0 Å². The fourth-order valence-corrected chi connectivity index (χ4v) is 14.8. The van der Waals surface area contributed by atoms with Crippen molar-refractivity contribution in [2.75, 3.05) is 101 Å². The van der Waals surface area contributed by atoms with Gasteiger partial charge in [0.05, 0.1) is 38.7 Å². The molecule has 560 valence electrons. The number of likely N-dealkylation sites (N-methyl/N-ethyl adjacent to an activating group) is 6. The van der Waals surface area contributed by atoms with Crippen LogP contribution in [0.5, 0.6) is 0 Å². The molecule has 1 spiro atoms. The lowest BCUT2D eigenvalue weighted by Gasteiger charge is -2.45. The molecule has 0 bridgehead atoms. The molecule has 4 saturated heterocycles. The van der Waals surface area contributed by atoms with E-state index in [1.807, 2.05) is 34.6 Å². The van der Waals surface area contributed by atoms with E-state index in [1.165, 1.54) is 78.6 Å². The van der Waals surface area contributed by atoms with E-state index in [-0.39, 0.29) is 110 Å². The summed E-state index contributed by atoms with van der Waals surface area (Å²) in [5.41, 5.74) is -1.61. The van der Waals surface area contributed by atoms with Gasteiger partial charge in [0.25, 0.3) is 0 Å². The standard InChI is InChI=1S/C69H112F4N12O14/c1-15-33-99-40-53-62(92)77(9)39-54(86)74-48(25-23-45-22-24-46(47(70)37-45)69(71,72)73)61(91)84-29-20-21-49(84)59(89)76-68(27-18-19-28-68)67(97)82(14)57(43(7)17-3)66(96)80(12)52(64(94)83-31-34-98-35-32-83)38-55(87)79(11)51(36-41(4)5)58(88)75-56(42(6)16-2)65(95)78(10)44(8)60(90)85-30-26-50(85)63(93)81(53)13/h41-53,56-57H,15-40H2,1-14H3,(H,74,86)(H,75,88)(H,76,89)/t42-,43-,44-,45?,46?,47?,48-,49-,50-,51-,52-,53-,56-,57-/m0/s1. The van der Waals surface area contributed by atoms with Crippen LogP contribution < -0.4 is 16.0 Å². The fraction of sp³-hybridized carbons (Fsp3) is 0.826. The molecule has 4 aliphatic heterocycles. The molecule has 26 nitrogen and oxygen atoms in total. The molecule has 6 aliphatic rings. The summed E-state index contributed by atoms with van der Waals surface area (Å²) in [6.45, 7) is 14.0. The largest absolute Gasteiger partial charge is 0.394 e. The lowest BCUT2D eigenvalue weighted by atomic mass is 9.78. The van der Waals surface area contributed by atoms with E-state index in [9.17, 15) is 46.7 Å². The SMILES string of the molecule is CCCOC[C@H]1C(=O)N(C)CC(=O)N[C@@H](CCC2CCC(C(F)(F)F)C(F)C2)C(=O)N2CCC[C@H]2C(=O)NC2(CCCC2)C(=O)N(C)[C@@H]([C@@H](C)CC)C(=O)N(C)[C@H](C(=O)N2CCOCC2)CC(=O)N(C)[C@@H](CC(C)C)C(=O)N[C@@H]([C@@H](C)CC)C(=O)N(C)[C@@H](C)C(=O)N2CC[C@H]2C(=O)N1C. The number of nitrogens with zero attached hydrogens (tertiary/aromatic N) is 9. The summed E-state index contributed by atoms with van der Waals surface area (Å²) < 4.78 is 68.1. The number of nitrogens with one attached hydrogen (secondary N) is 3. The predicted octanol–water partition coefficient (Wildman–Crippen LogP) is 3.51. The normalized spacial score (nSPS) is 30.3. The summed E-state index contributed by atoms with van der Waals surface area (Å²) >= 11 is 0. The summed E-state index contributed by atoms with van der Waals surface area (Å²) in [5.74, 6) is -12.4. The highest BCUT2D eigenvalue weighted by atomic mass is 19.4. The van der Waals surface area contributed by atoms with Crippen LogP contribution in [0, 0.1) is 29.6 Å². The molecule has 0 aromatic heterocycles. The van der Waals surface area contributed by atoms with Gasteiger partial charge in [0.1, 0.15) is 66.1 Å². The van der Waals surface area contributed by atoms with Crippen molar-refractivity contribution >= 4 is 70.9 Å². The monoisotopic (exact) mass is 1410 g/mol. The Balaban J connectivity index is 1.42. The molecule has 2 saturated carbocycles. The molecule has 4 heterocycles. The van der Waals surface area contributed by atoms with Crippen LogP contribution in [0.25, 0.3) is 0 Å². The Morgan fingerprint density at radius 3 is 1.87 bits per heavy atom. The van der Waals surface area contributed by atoms with Crippen LogP contribution in [0.1, 0.15) is 165 Å². The van der Waals surface area contributed by atoms with Gasteiger partial charge in [0.15, 0.2) is 0 Å². The second-order valence-corrected chi connectivity index (χ2v) is 29.1. The Morgan fingerprint density at radius 2 is 1.29 bits per heavy atom. The van der Waals surface area contributed by atoms with E-state index < -0.39 is 193 Å². The lowest BCUT2D eigenvalue weighted by Crippen LogP contribution is -2.65. The molecule has 30 heteroatoms. The molecular formula is C69H112F4N12O14. The third kappa shape index (κ3) is 19.5. The van der Waals surface area contributed by atoms with E-state index in [1.54, 1.807) is 13.8 Å². The summed E-state index contributed by atoms with van der Waals surface area (Å²) in [6.07, 6.45) is -5.55. The van der Waals surface area contributed by atoms with Crippen LogP contribution >= 0.6 is 0 Å². The smallest absolute Gasteiger partial charge is 0.379 e. The van der Waals surface area contributed by atoms with Gasteiger partial charge >= 0.3 is 6.18 Å². The molecule has 2 aliphatic carbocycles. The maximum Gasteiger partial charge on any atom is 0.394 e. The molecule has 6 rings (SSSR count). The molecule has 14 atom stereocenters. The van der Waals surface area contributed by atoms with Crippen molar-refractivity contribution < 1.29 is 84.6 Å². The number of morpholine rings is 1. The summed E-state index contributed by atoms with van der Waals surface area (Å²) in [4.78, 5) is 190. The molecule has 0 aromatic rings. The van der Waals surface area contributed by atoms with Gasteiger partial charge in [0, 0.05) is 75.1 Å².